The minimum absolute atomic E-state index is 0.356. The molecule has 0 saturated carbocycles. The van der Waals surface area contributed by atoms with Crippen molar-refractivity contribution in [2.24, 2.45) is 0 Å². The van der Waals surface area contributed by atoms with Crippen molar-refractivity contribution in [3.05, 3.63) is 66.2 Å². The highest BCUT2D eigenvalue weighted by atomic mass is 16.3. The Bertz CT molecular complexity index is 604. The summed E-state index contributed by atoms with van der Waals surface area (Å²) in [7, 11) is 0. The van der Waals surface area contributed by atoms with Gasteiger partial charge in [0.05, 0.1) is 0 Å². The first kappa shape index (κ1) is 15.3. The molecule has 0 unspecified atom stereocenters. The number of nitrogens with zero attached hydrogens (tertiary/aromatic N) is 1. The molecule has 0 bridgehead atoms. The molecule has 0 atom stereocenters. The fraction of sp³-hybridized carbons (Fsp3) is 0.263. The summed E-state index contributed by atoms with van der Waals surface area (Å²) in [5.74, 6) is 0.356. The van der Waals surface area contributed by atoms with Crippen LogP contribution in [-0.2, 0) is 6.54 Å². The minimum Gasteiger partial charge on any atom is -0.508 e. The molecule has 0 amide bonds. The number of likely N-dealkylation sites (N-methyl/N-ethyl adjacent to an activating group) is 1. The smallest absolute Gasteiger partial charge is 0.120 e. The lowest BCUT2D eigenvalue weighted by atomic mass is 10.0. The Morgan fingerprint density at radius 3 is 2.43 bits per heavy atom. The quantitative estimate of drug-likeness (QED) is 0.790. The standard InChI is InChI=1S/C19H23NO/c1-4-20(13-15(2)3)14-18-12-17(10-11-19(18)21)16-8-6-5-7-9-16/h5-12,21H,2,4,13-14H2,1,3H3. The van der Waals surface area contributed by atoms with Crippen LogP contribution < -0.4 is 0 Å². The second-order valence-electron chi connectivity index (χ2n) is 5.47. The average molecular weight is 281 g/mol. The third kappa shape index (κ3) is 4.20. The molecular formula is C19H23NO. The molecule has 2 aromatic rings. The molecule has 0 aliphatic carbocycles. The number of phenolic OH excluding ortho intramolecular Hbond substituents is 1. The summed E-state index contributed by atoms with van der Waals surface area (Å²) < 4.78 is 0. The first-order valence-electron chi connectivity index (χ1n) is 7.34. The molecule has 0 heterocycles. The van der Waals surface area contributed by atoms with Gasteiger partial charge in [0, 0.05) is 18.7 Å². The second kappa shape index (κ2) is 7.09. The normalized spacial score (nSPS) is 10.8. The summed E-state index contributed by atoms with van der Waals surface area (Å²) in [5.41, 5.74) is 4.39. The molecule has 0 aliphatic heterocycles. The number of rotatable bonds is 6. The van der Waals surface area contributed by atoms with Crippen LogP contribution in [0.25, 0.3) is 11.1 Å². The van der Waals surface area contributed by atoms with Crippen molar-refractivity contribution in [2.45, 2.75) is 20.4 Å². The van der Waals surface area contributed by atoms with Crippen LogP contribution in [0.4, 0.5) is 0 Å². The van der Waals surface area contributed by atoms with Crippen LogP contribution in [0.1, 0.15) is 19.4 Å². The summed E-state index contributed by atoms with van der Waals surface area (Å²) in [6.07, 6.45) is 0. The topological polar surface area (TPSA) is 23.5 Å². The second-order valence-corrected chi connectivity index (χ2v) is 5.47. The lowest BCUT2D eigenvalue weighted by Crippen LogP contribution is -2.24. The number of hydrogen-bond donors (Lipinski definition) is 1. The van der Waals surface area contributed by atoms with Crippen LogP contribution in [0.15, 0.2) is 60.7 Å². The summed E-state index contributed by atoms with van der Waals surface area (Å²) >= 11 is 0. The summed E-state index contributed by atoms with van der Waals surface area (Å²) in [4.78, 5) is 2.27. The Labute approximate surface area is 127 Å². The van der Waals surface area contributed by atoms with E-state index in [1.165, 1.54) is 5.56 Å². The molecule has 0 spiro atoms. The van der Waals surface area contributed by atoms with E-state index in [9.17, 15) is 5.11 Å². The molecule has 2 rings (SSSR count). The van der Waals surface area contributed by atoms with Gasteiger partial charge in [-0.05, 0) is 36.7 Å². The maximum Gasteiger partial charge on any atom is 0.120 e. The third-order valence-corrected chi connectivity index (χ3v) is 3.52. The fourth-order valence-corrected chi connectivity index (χ4v) is 2.42. The Kier molecular flexibility index (Phi) is 5.18. The van der Waals surface area contributed by atoms with Gasteiger partial charge in [0.2, 0.25) is 0 Å². The van der Waals surface area contributed by atoms with Crippen molar-refractivity contribution in [3.63, 3.8) is 0 Å². The maximum absolute atomic E-state index is 10.1. The van der Waals surface area contributed by atoms with Gasteiger partial charge in [0.25, 0.3) is 0 Å². The van der Waals surface area contributed by atoms with E-state index < -0.39 is 0 Å². The first-order valence-corrected chi connectivity index (χ1v) is 7.34. The molecule has 110 valence electrons. The van der Waals surface area contributed by atoms with Gasteiger partial charge in [-0.1, -0.05) is 55.5 Å². The molecule has 21 heavy (non-hydrogen) atoms. The van der Waals surface area contributed by atoms with Crippen molar-refractivity contribution >= 4 is 0 Å². The summed E-state index contributed by atoms with van der Waals surface area (Å²) in [5, 5.41) is 10.1. The van der Waals surface area contributed by atoms with E-state index in [0.29, 0.717) is 5.75 Å². The zero-order valence-electron chi connectivity index (χ0n) is 12.8. The molecule has 0 fully saturated rings. The van der Waals surface area contributed by atoms with E-state index in [0.717, 1.165) is 36.3 Å². The van der Waals surface area contributed by atoms with E-state index >= 15 is 0 Å². The van der Waals surface area contributed by atoms with Gasteiger partial charge in [0.15, 0.2) is 0 Å². The highest BCUT2D eigenvalue weighted by Crippen LogP contribution is 2.27. The molecule has 0 aliphatic rings. The molecule has 2 heteroatoms. The highest BCUT2D eigenvalue weighted by molar-refractivity contribution is 5.65. The Balaban J connectivity index is 2.25. The Morgan fingerprint density at radius 2 is 1.81 bits per heavy atom. The van der Waals surface area contributed by atoms with Crippen LogP contribution in [0.3, 0.4) is 0 Å². The van der Waals surface area contributed by atoms with Crippen molar-refractivity contribution in [1.82, 2.24) is 4.90 Å². The Hall–Kier alpha value is -2.06. The Morgan fingerprint density at radius 1 is 1.10 bits per heavy atom. The van der Waals surface area contributed by atoms with Crippen LogP contribution in [0.2, 0.25) is 0 Å². The summed E-state index contributed by atoms with van der Waals surface area (Å²) in [6.45, 7) is 10.6. The molecule has 0 aromatic heterocycles. The molecule has 2 aromatic carbocycles. The summed E-state index contributed by atoms with van der Waals surface area (Å²) in [6, 6.07) is 16.1. The van der Waals surface area contributed by atoms with Gasteiger partial charge >= 0.3 is 0 Å². The monoisotopic (exact) mass is 281 g/mol. The average Bonchev–Trinajstić information content (AvgIpc) is 2.49. The minimum atomic E-state index is 0.356. The van der Waals surface area contributed by atoms with Gasteiger partial charge in [-0.15, -0.1) is 0 Å². The van der Waals surface area contributed by atoms with Gasteiger partial charge in [0.1, 0.15) is 5.75 Å². The van der Waals surface area contributed by atoms with Crippen molar-refractivity contribution in [3.8, 4) is 16.9 Å². The van der Waals surface area contributed by atoms with E-state index in [2.05, 4.69) is 36.6 Å². The number of phenols is 1. The maximum atomic E-state index is 10.1. The largest absolute Gasteiger partial charge is 0.508 e. The number of benzene rings is 2. The predicted octanol–water partition coefficient (Wildman–Crippen LogP) is 4.46. The molecule has 1 N–H and O–H groups in total. The van der Waals surface area contributed by atoms with E-state index in [1.807, 2.05) is 31.2 Å². The lowest BCUT2D eigenvalue weighted by molar-refractivity contribution is 0.299. The van der Waals surface area contributed by atoms with Crippen molar-refractivity contribution < 1.29 is 5.11 Å². The predicted molar refractivity (Wildman–Crippen MR) is 89.3 cm³/mol. The molecule has 0 radical (unpaired) electrons. The highest BCUT2D eigenvalue weighted by Gasteiger charge is 2.09. The van der Waals surface area contributed by atoms with E-state index in [4.69, 9.17) is 0 Å². The van der Waals surface area contributed by atoms with Crippen molar-refractivity contribution in [2.75, 3.05) is 13.1 Å². The van der Waals surface area contributed by atoms with Crippen LogP contribution in [0.5, 0.6) is 5.75 Å². The van der Waals surface area contributed by atoms with Gasteiger partial charge in [-0.3, -0.25) is 4.90 Å². The molecule has 0 saturated heterocycles. The zero-order chi connectivity index (χ0) is 15.2. The third-order valence-electron chi connectivity index (χ3n) is 3.52. The number of hydrogen-bond acceptors (Lipinski definition) is 2. The van der Waals surface area contributed by atoms with E-state index in [1.54, 1.807) is 6.07 Å². The first-order chi connectivity index (χ1) is 10.1. The van der Waals surface area contributed by atoms with Gasteiger partial charge in [-0.25, -0.2) is 0 Å². The lowest BCUT2D eigenvalue weighted by Gasteiger charge is -2.21. The van der Waals surface area contributed by atoms with Crippen LogP contribution in [0, 0.1) is 0 Å². The van der Waals surface area contributed by atoms with Crippen molar-refractivity contribution in [1.29, 1.82) is 0 Å². The van der Waals surface area contributed by atoms with Crippen LogP contribution in [-0.4, -0.2) is 23.1 Å². The molecule has 2 nitrogen and oxygen atoms in total. The van der Waals surface area contributed by atoms with E-state index in [-0.39, 0.29) is 0 Å². The van der Waals surface area contributed by atoms with Gasteiger partial charge < -0.3 is 5.11 Å². The number of aromatic hydroxyl groups is 1. The van der Waals surface area contributed by atoms with Gasteiger partial charge in [-0.2, -0.15) is 0 Å². The SMILES string of the molecule is C=C(C)CN(CC)Cc1cc(-c2ccccc2)ccc1O. The molecular weight excluding hydrogens is 258 g/mol. The van der Waals surface area contributed by atoms with Crippen LogP contribution >= 0.6 is 0 Å². The zero-order valence-corrected chi connectivity index (χ0v) is 12.8. The fourth-order valence-electron chi connectivity index (χ4n) is 2.42.